The summed E-state index contributed by atoms with van der Waals surface area (Å²) >= 11 is 11.7. The SMILES string of the molecule is O=C(c1cnc2ccc(Cl)cc2c1Cl)C(F)F. The molecule has 1 aromatic carbocycles. The Kier molecular flexibility index (Phi) is 3.26. The Hall–Kier alpha value is -1.26. The number of ketones is 1. The van der Waals surface area contributed by atoms with Gasteiger partial charge in [-0.25, -0.2) is 8.78 Å². The number of pyridine rings is 1. The number of halogens is 4. The monoisotopic (exact) mass is 275 g/mol. The molecular formula is C11H5Cl2F2NO. The summed E-state index contributed by atoms with van der Waals surface area (Å²) in [4.78, 5) is 15.1. The zero-order chi connectivity index (χ0) is 12.6. The summed E-state index contributed by atoms with van der Waals surface area (Å²) in [6.07, 6.45) is -2.06. The molecule has 0 radical (unpaired) electrons. The second kappa shape index (κ2) is 4.55. The fourth-order valence-electron chi connectivity index (χ4n) is 1.42. The van der Waals surface area contributed by atoms with Crippen molar-refractivity contribution in [3.63, 3.8) is 0 Å². The lowest BCUT2D eigenvalue weighted by Gasteiger charge is -2.06. The van der Waals surface area contributed by atoms with Gasteiger partial charge in [-0.2, -0.15) is 0 Å². The van der Waals surface area contributed by atoms with E-state index in [1.54, 1.807) is 12.1 Å². The molecule has 2 nitrogen and oxygen atoms in total. The summed E-state index contributed by atoms with van der Waals surface area (Å²) in [7, 11) is 0. The van der Waals surface area contributed by atoms with Crippen molar-refractivity contribution in [2.75, 3.05) is 0 Å². The normalized spacial score (nSPS) is 11.1. The van der Waals surface area contributed by atoms with E-state index in [4.69, 9.17) is 23.2 Å². The lowest BCUT2D eigenvalue weighted by molar-refractivity contribution is 0.0678. The number of alkyl halides is 2. The Morgan fingerprint density at radius 1 is 1.29 bits per heavy atom. The Morgan fingerprint density at radius 2 is 2.00 bits per heavy atom. The van der Waals surface area contributed by atoms with Gasteiger partial charge in [-0.1, -0.05) is 23.2 Å². The maximum Gasteiger partial charge on any atom is 0.300 e. The number of rotatable bonds is 2. The van der Waals surface area contributed by atoms with E-state index in [9.17, 15) is 13.6 Å². The molecule has 2 rings (SSSR count). The van der Waals surface area contributed by atoms with Crippen molar-refractivity contribution in [1.29, 1.82) is 0 Å². The van der Waals surface area contributed by atoms with Crippen LogP contribution in [0.4, 0.5) is 8.78 Å². The smallest absolute Gasteiger partial charge is 0.288 e. The number of Topliss-reactive ketones (excluding diaryl/α,β-unsaturated/α-hetero) is 1. The van der Waals surface area contributed by atoms with Crippen LogP contribution in [0.15, 0.2) is 24.4 Å². The lowest BCUT2D eigenvalue weighted by atomic mass is 10.1. The third kappa shape index (κ3) is 2.23. The van der Waals surface area contributed by atoms with Gasteiger partial charge in [0.2, 0.25) is 5.78 Å². The number of hydrogen-bond acceptors (Lipinski definition) is 2. The largest absolute Gasteiger partial charge is 0.300 e. The Bertz CT molecular complexity index is 601. The van der Waals surface area contributed by atoms with Gasteiger partial charge in [-0.05, 0) is 18.2 Å². The van der Waals surface area contributed by atoms with Gasteiger partial charge in [0.1, 0.15) is 0 Å². The molecule has 17 heavy (non-hydrogen) atoms. The molecule has 2 aromatic rings. The van der Waals surface area contributed by atoms with Crippen LogP contribution in [0.25, 0.3) is 10.9 Å². The van der Waals surface area contributed by atoms with E-state index < -0.39 is 12.2 Å². The molecule has 0 N–H and O–H groups in total. The Morgan fingerprint density at radius 3 is 2.65 bits per heavy atom. The number of carbonyl (C=O) groups excluding carboxylic acids is 1. The number of aromatic nitrogens is 1. The van der Waals surface area contributed by atoms with Crippen LogP contribution >= 0.6 is 23.2 Å². The van der Waals surface area contributed by atoms with E-state index in [2.05, 4.69) is 4.98 Å². The van der Waals surface area contributed by atoms with E-state index in [-0.39, 0.29) is 10.6 Å². The topological polar surface area (TPSA) is 30.0 Å². The van der Waals surface area contributed by atoms with Gasteiger partial charge in [0.25, 0.3) is 0 Å². The highest BCUT2D eigenvalue weighted by molar-refractivity contribution is 6.39. The number of benzene rings is 1. The van der Waals surface area contributed by atoms with Crippen molar-refractivity contribution in [1.82, 2.24) is 4.98 Å². The maximum atomic E-state index is 12.3. The number of hydrogen-bond donors (Lipinski definition) is 0. The summed E-state index contributed by atoms with van der Waals surface area (Å²) in [5.41, 5.74) is 0.196. The molecule has 1 aromatic heterocycles. The van der Waals surface area contributed by atoms with Crippen molar-refractivity contribution in [3.05, 3.63) is 40.0 Å². The zero-order valence-corrected chi connectivity index (χ0v) is 9.77. The van der Waals surface area contributed by atoms with Crippen molar-refractivity contribution in [3.8, 4) is 0 Å². The molecule has 0 unspecified atom stereocenters. The minimum atomic E-state index is -3.11. The summed E-state index contributed by atoms with van der Waals surface area (Å²) < 4.78 is 24.6. The van der Waals surface area contributed by atoms with E-state index in [1.807, 2.05) is 0 Å². The predicted octanol–water partition coefficient (Wildman–Crippen LogP) is 3.99. The highest BCUT2D eigenvalue weighted by Gasteiger charge is 2.22. The standard InChI is InChI=1S/C11H5Cl2F2NO/c12-5-1-2-8-6(3-5)9(13)7(4-16-8)10(17)11(14)15/h1-4,11H. The summed E-state index contributed by atoms with van der Waals surface area (Å²) in [5, 5.41) is 0.719. The molecule has 0 aliphatic heterocycles. The molecule has 1 heterocycles. The van der Waals surface area contributed by atoms with E-state index >= 15 is 0 Å². The molecule has 0 amide bonds. The third-order valence-corrected chi connectivity index (χ3v) is 2.87. The molecule has 0 bridgehead atoms. The summed E-state index contributed by atoms with van der Waals surface area (Å²) in [6, 6.07) is 4.68. The number of carbonyl (C=O) groups is 1. The summed E-state index contributed by atoms with van der Waals surface area (Å²) in [6.45, 7) is 0. The first-order valence-electron chi connectivity index (χ1n) is 4.57. The minimum Gasteiger partial charge on any atom is -0.288 e. The van der Waals surface area contributed by atoms with E-state index in [0.717, 1.165) is 6.20 Å². The number of nitrogens with zero attached hydrogens (tertiary/aromatic N) is 1. The second-order valence-corrected chi connectivity index (χ2v) is 4.13. The molecule has 6 heteroatoms. The molecule has 0 fully saturated rings. The highest BCUT2D eigenvalue weighted by Crippen LogP contribution is 2.29. The van der Waals surface area contributed by atoms with Gasteiger partial charge in [-0.3, -0.25) is 9.78 Å². The van der Waals surface area contributed by atoms with Crippen LogP contribution in [0.3, 0.4) is 0 Å². The molecule has 88 valence electrons. The average molecular weight is 276 g/mol. The highest BCUT2D eigenvalue weighted by atomic mass is 35.5. The van der Waals surface area contributed by atoms with Crippen LogP contribution in [-0.2, 0) is 0 Å². The first-order chi connectivity index (χ1) is 8.00. The molecule has 0 aliphatic rings. The van der Waals surface area contributed by atoms with E-state index in [1.165, 1.54) is 6.07 Å². The van der Waals surface area contributed by atoms with Crippen LogP contribution in [0.1, 0.15) is 10.4 Å². The van der Waals surface area contributed by atoms with Gasteiger partial charge in [0, 0.05) is 16.6 Å². The Balaban J connectivity index is 2.68. The van der Waals surface area contributed by atoms with Gasteiger partial charge >= 0.3 is 6.43 Å². The van der Waals surface area contributed by atoms with Crippen LogP contribution in [0, 0.1) is 0 Å². The fraction of sp³-hybridized carbons (Fsp3) is 0.0909. The zero-order valence-electron chi connectivity index (χ0n) is 8.25. The van der Waals surface area contributed by atoms with Gasteiger partial charge in [0.15, 0.2) is 0 Å². The minimum absolute atomic E-state index is 0.0530. The molecule has 0 aliphatic carbocycles. The van der Waals surface area contributed by atoms with Crippen molar-refractivity contribution in [2.45, 2.75) is 6.43 Å². The molecule has 0 saturated heterocycles. The van der Waals surface area contributed by atoms with Crippen LogP contribution in [0.2, 0.25) is 10.0 Å². The first kappa shape index (κ1) is 12.2. The lowest BCUT2D eigenvalue weighted by Crippen LogP contribution is -2.11. The van der Waals surface area contributed by atoms with Crippen LogP contribution < -0.4 is 0 Å². The first-order valence-corrected chi connectivity index (χ1v) is 5.32. The van der Waals surface area contributed by atoms with Crippen molar-refractivity contribution >= 4 is 39.9 Å². The third-order valence-electron chi connectivity index (χ3n) is 2.23. The molecule has 0 atom stereocenters. The van der Waals surface area contributed by atoms with E-state index in [0.29, 0.717) is 15.9 Å². The van der Waals surface area contributed by atoms with Crippen molar-refractivity contribution < 1.29 is 13.6 Å². The Labute approximate surface area is 105 Å². The average Bonchev–Trinajstić information content (AvgIpc) is 2.29. The van der Waals surface area contributed by atoms with Gasteiger partial charge in [0.05, 0.1) is 16.1 Å². The predicted molar refractivity (Wildman–Crippen MR) is 62.1 cm³/mol. The van der Waals surface area contributed by atoms with Gasteiger partial charge in [-0.15, -0.1) is 0 Å². The summed E-state index contributed by atoms with van der Waals surface area (Å²) in [5.74, 6) is -1.34. The molecule has 0 saturated carbocycles. The number of fused-ring (bicyclic) bond motifs is 1. The molecular weight excluding hydrogens is 271 g/mol. The second-order valence-electron chi connectivity index (χ2n) is 3.31. The maximum absolute atomic E-state index is 12.3. The van der Waals surface area contributed by atoms with Crippen LogP contribution in [0.5, 0.6) is 0 Å². The fourth-order valence-corrected chi connectivity index (χ4v) is 1.89. The van der Waals surface area contributed by atoms with Crippen LogP contribution in [-0.4, -0.2) is 17.2 Å². The van der Waals surface area contributed by atoms with Gasteiger partial charge < -0.3 is 0 Å². The molecule has 0 spiro atoms. The van der Waals surface area contributed by atoms with Crippen molar-refractivity contribution in [2.24, 2.45) is 0 Å². The quantitative estimate of drug-likeness (QED) is 0.776.